The van der Waals surface area contributed by atoms with Crippen LogP contribution in [-0.4, -0.2) is 158 Å². The number of likely N-dealkylation sites (N-methyl/N-ethyl adjacent to an activating group) is 1. The number of allylic oxidation sites excluding steroid dienone is 3. The van der Waals surface area contributed by atoms with Gasteiger partial charge in [0.1, 0.15) is 36.8 Å². The molecule has 0 bridgehead atoms. The molecule has 15 nitrogen and oxygen atoms in total. The molecule has 310 valence electrons. The molecule has 3 aliphatic rings. The van der Waals surface area contributed by atoms with Crippen molar-refractivity contribution in [2.24, 2.45) is 23.7 Å². The molecule has 3 rings (SSSR count). The Balaban J connectivity index is 1.96. The first kappa shape index (κ1) is 46.2. The van der Waals surface area contributed by atoms with Gasteiger partial charge in [0.05, 0.1) is 49.6 Å². The van der Waals surface area contributed by atoms with Gasteiger partial charge in [-0.3, -0.25) is 9.59 Å². The van der Waals surface area contributed by atoms with E-state index in [1.807, 2.05) is 19.9 Å². The van der Waals surface area contributed by atoms with Gasteiger partial charge >= 0.3 is 5.97 Å². The number of hydrogen-bond acceptors (Lipinski definition) is 15. The van der Waals surface area contributed by atoms with E-state index in [1.165, 1.54) is 20.3 Å². The summed E-state index contributed by atoms with van der Waals surface area (Å²) in [4.78, 5) is 40.8. The number of rotatable bonds is 11. The molecule has 0 radical (unpaired) electrons. The molecule has 1 unspecified atom stereocenters. The maximum atomic E-state index is 13.6. The smallest absolute Gasteiger partial charge is 0.308 e. The quantitative estimate of drug-likeness (QED) is 0.174. The molecular formula is C39H65NO14. The molecule has 3 aliphatic heterocycles. The van der Waals surface area contributed by atoms with Crippen LogP contribution < -0.4 is 0 Å². The number of aldehydes is 1. The lowest BCUT2D eigenvalue weighted by atomic mass is 9.79. The predicted molar refractivity (Wildman–Crippen MR) is 196 cm³/mol. The number of hydrogen-bond donors (Lipinski definition) is 4. The molecule has 0 saturated carbocycles. The molecule has 15 heteroatoms. The Morgan fingerprint density at radius 2 is 1.52 bits per heavy atom. The second-order valence-electron chi connectivity index (χ2n) is 15.4. The highest BCUT2D eigenvalue weighted by atomic mass is 16.7. The summed E-state index contributed by atoms with van der Waals surface area (Å²) in [6, 6.07) is -0.740. The first-order chi connectivity index (χ1) is 25.5. The molecule has 0 aliphatic carbocycles. The van der Waals surface area contributed by atoms with Gasteiger partial charge in [0, 0.05) is 38.4 Å². The zero-order chi connectivity index (χ0) is 40.4. The van der Waals surface area contributed by atoms with E-state index in [0.29, 0.717) is 12.0 Å². The number of methoxy groups -OCH3 is 2. The van der Waals surface area contributed by atoms with Crippen LogP contribution in [0.15, 0.2) is 23.8 Å². The molecule has 0 aromatic heterocycles. The van der Waals surface area contributed by atoms with Gasteiger partial charge < -0.3 is 63.3 Å². The number of esters is 1. The summed E-state index contributed by atoms with van der Waals surface area (Å²) in [5.74, 6) is -3.37. The van der Waals surface area contributed by atoms with E-state index in [0.717, 1.165) is 6.29 Å². The molecule has 4 N–H and O–H groups in total. The second kappa shape index (κ2) is 21.4. The van der Waals surface area contributed by atoms with Gasteiger partial charge in [0.25, 0.3) is 0 Å². The molecule has 2 saturated heterocycles. The molecule has 0 amide bonds. The van der Waals surface area contributed by atoms with Gasteiger partial charge in [0.15, 0.2) is 18.4 Å². The van der Waals surface area contributed by atoms with Gasteiger partial charge in [0.2, 0.25) is 0 Å². The van der Waals surface area contributed by atoms with Crippen molar-refractivity contribution in [2.75, 3.05) is 34.9 Å². The van der Waals surface area contributed by atoms with Crippen molar-refractivity contribution in [3.63, 3.8) is 0 Å². The van der Waals surface area contributed by atoms with Crippen LogP contribution in [0, 0.1) is 23.7 Å². The van der Waals surface area contributed by atoms with Crippen LogP contribution in [0.25, 0.3) is 0 Å². The summed E-state index contributed by atoms with van der Waals surface area (Å²) in [7, 11) is 6.36. The van der Waals surface area contributed by atoms with E-state index in [2.05, 4.69) is 0 Å². The van der Waals surface area contributed by atoms with Crippen LogP contribution in [0.1, 0.15) is 67.2 Å². The van der Waals surface area contributed by atoms with Gasteiger partial charge in [-0.2, -0.15) is 0 Å². The third-order valence-electron chi connectivity index (χ3n) is 11.1. The number of ether oxygens (including phenoxy) is 7. The zero-order valence-corrected chi connectivity index (χ0v) is 33.5. The van der Waals surface area contributed by atoms with Crippen molar-refractivity contribution in [3.8, 4) is 0 Å². The van der Waals surface area contributed by atoms with Crippen LogP contribution >= 0.6 is 0 Å². The summed E-state index contributed by atoms with van der Waals surface area (Å²) in [5.41, 5.74) is 0.701. The first-order valence-corrected chi connectivity index (χ1v) is 19.0. The lowest BCUT2D eigenvalue weighted by Crippen LogP contribution is -2.63. The minimum absolute atomic E-state index is 0.0120. The summed E-state index contributed by atoms with van der Waals surface area (Å²) >= 11 is 0. The highest BCUT2D eigenvalue weighted by Crippen LogP contribution is 2.35. The number of carbonyl (C=O) groups excluding carboxylic acids is 3. The van der Waals surface area contributed by atoms with E-state index < -0.39 is 116 Å². The third kappa shape index (κ3) is 11.7. The van der Waals surface area contributed by atoms with Crippen molar-refractivity contribution in [3.05, 3.63) is 23.8 Å². The lowest BCUT2D eigenvalue weighted by molar-refractivity contribution is -0.304. The number of carbonyl (C=O) groups is 3. The Kier molecular flexibility index (Phi) is 18.3. The molecule has 17 atom stereocenters. The SMILES string of the molecule is CC[C@H]1OC(=O)C[C@@H](O)[C@H](C)[C@@H](O[C@@H]2O[C@H](C)[C@@H](O)[C@@H](N(C)C)[C@H]2O)[C@@H](CC=O)C[C@@H](C)C(=O)/C=C/C(C)=C/[C@@H]1COC1O[C@H](C)[C@@H](O)[C@@H](OC)[C@H]1OC. The van der Waals surface area contributed by atoms with Crippen LogP contribution in [0.4, 0.5) is 0 Å². The normalized spacial score (nSPS) is 43.6. The first-order valence-electron chi connectivity index (χ1n) is 19.0. The van der Waals surface area contributed by atoms with Crippen LogP contribution in [0.5, 0.6) is 0 Å². The third-order valence-corrected chi connectivity index (χ3v) is 11.1. The average molecular weight is 772 g/mol. The summed E-state index contributed by atoms with van der Waals surface area (Å²) in [6.07, 6.45) is -5.36. The highest BCUT2D eigenvalue weighted by Gasteiger charge is 2.48. The number of aliphatic hydroxyl groups excluding tert-OH is 4. The maximum Gasteiger partial charge on any atom is 0.308 e. The van der Waals surface area contributed by atoms with Crippen LogP contribution in [-0.2, 0) is 47.5 Å². The fourth-order valence-electron chi connectivity index (χ4n) is 7.76. The Morgan fingerprint density at radius 1 is 0.889 bits per heavy atom. The predicted octanol–water partition coefficient (Wildman–Crippen LogP) is 1.56. The minimum Gasteiger partial charge on any atom is -0.462 e. The molecule has 2 fully saturated rings. The Bertz CT molecular complexity index is 1260. The standard InChI is InChI=1S/C39H65NO14/c1-11-29-26(19-50-39-37(49-10)36(48-9)33(46)24(6)52-39)16-20(2)12-13-27(42)21(3)17-25(14-15-41)35(22(4)28(43)18-30(44)53-29)54-38-34(47)31(40(7)8)32(45)23(5)51-38/h12-13,15-16,21-26,28-29,31-39,43,45-47H,11,14,17-19H2,1-10H3/b13-12+,20-16+/t21-,22+,23-,24-,25+,26-,28-,29-,31-,32-,33-,34-,35-,36-,37-,38+,39?/m1/s1. The number of ketones is 1. The summed E-state index contributed by atoms with van der Waals surface area (Å²) in [6.45, 7) is 10.5. The molecule has 54 heavy (non-hydrogen) atoms. The average Bonchev–Trinajstić information content (AvgIpc) is 3.12. The lowest BCUT2D eigenvalue weighted by Gasteiger charge is -2.46. The maximum absolute atomic E-state index is 13.6. The highest BCUT2D eigenvalue weighted by molar-refractivity contribution is 5.91. The molecule has 0 spiro atoms. The fraction of sp³-hybridized carbons (Fsp3) is 0.821. The topological polar surface area (TPSA) is 200 Å². The van der Waals surface area contributed by atoms with E-state index in [9.17, 15) is 34.8 Å². The zero-order valence-electron chi connectivity index (χ0n) is 33.5. The second-order valence-corrected chi connectivity index (χ2v) is 15.4. The van der Waals surface area contributed by atoms with Crippen molar-refractivity contribution >= 4 is 18.0 Å². The van der Waals surface area contributed by atoms with E-state index in [4.69, 9.17) is 33.2 Å². The van der Waals surface area contributed by atoms with Gasteiger partial charge in [-0.05, 0) is 59.7 Å². The molecule has 0 aromatic carbocycles. The van der Waals surface area contributed by atoms with E-state index >= 15 is 0 Å². The fourth-order valence-corrected chi connectivity index (χ4v) is 7.76. The monoisotopic (exact) mass is 771 g/mol. The van der Waals surface area contributed by atoms with Crippen molar-refractivity contribution in [1.82, 2.24) is 4.90 Å². The summed E-state index contributed by atoms with van der Waals surface area (Å²) < 4.78 is 41.6. The van der Waals surface area contributed by atoms with Crippen molar-refractivity contribution in [1.29, 1.82) is 0 Å². The largest absolute Gasteiger partial charge is 0.462 e. The van der Waals surface area contributed by atoms with Crippen LogP contribution in [0.3, 0.4) is 0 Å². The van der Waals surface area contributed by atoms with Gasteiger partial charge in [-0.1, -0.05) is 38.5 Å². The minimum atomic E-state index is -1.31. The molecular weight excluding hydrogens is 706 g/mol. The van der Waals surface area contributed by atoms with Gasteiger partial charge in [-0.25, -0.2) is 0 Å². The number of cyclic esters (lactones) is 1. The number of nitrogens with zero attached hydrogens (tertiary/aromatic N) is 1. The van der Waals surface area contributed by atoms with Gasteiger partial charge in [-0.15, -0.1) is 0 Å². The molecule has 3 heterocycles. The van der Waals surface area contributed by atoms with Crippen LogP contribution in [0.2, 0.25) is 0 Å². The Hall–Kier alpha value is -2.15. The van der Waals surface area contributed by atoms with E-state index in [1.54, 1.807) is 52.8 Å². The number of aliphatic hydroxyl groups is 4. The molecule has 0 aromatic rings. The van der Waals surface area contributed by atoms with E-state index in [-0.39, 0.29) is 25.2 Å². The summed E-state index contributed by atoms with van der Waals surface area (Å²) in [5, 5.41) is 44.2. The Labute approximate surface area is 319 Å². The van der Waals surface area contributed by atoms with Crippen molar-refractivity contribution in [2.45, 2.75) is 147 Å². The Morgan fingerprint density at radius 3 is 2.11 bits per heavy atom. The van der Waals surface area contributed by atoms with Crippen molar-refractivity contribution < 1.29 is 68.0 Å².